The van der Waals surface area contributed by atoms with E-state index in [2.05, 4.69) is 33.0 Å². The second kappa shape index (κ2) is 6.10. The van der Waals surface area contributed by atoms with Crippen molar-refractivity contribution in [2.75, 3.05) is 6.54 Å². The van der Waals surface area contributed by atoms with Crippen LogP contribution in [0.4, 0.5) is 10.1 Å². The number of nitrogens with one attached hydrogen (secondary N) is 1. The lowest BCUT2D eigenvalue weighted by molar-refractivity contribution is -0.385. The molecule has 0 aliphatic carbocycles. The van der Waals surface area contributed by atoms with Gasteiger partial charge in [-0.05, 0) is 23.0 Å². The minimum atomic E-state index is -0.579. The number of rotatable bonds is 6. The zero-order valence-electron chi connectivity index (χ0n) is 11.9. The van der Waals surface area contributed by atoms with Crippen molar-refractivity contribution in [3.63, 3.8) is 0 Å². The average Bonchev–Trinajstić information content (AvgIpc) is 2.27. The molecule has 0 amide bonds. The Morgan fingerprint density at radius 2 is 2.00 bits per heavy atom. The Bertz CT molecular complexity index is 459. The van der Waals surface area contributed by atoms with Crippen molar-refractivity contribution < 1.29 is 9.31 Å². The average molecular weight is 268 g/mol. The van der Waals surface area contributed by atoms with E-state index in [1.165, 1.54) is 12.1 Å². The molecule has 0 aromatic heterocycles. The minimum Gasteiger partial charge on any atom is -0.312 e. The Balaban J connectivity index is 2.66. The summed E-state index contributed by atoms with van der Waals surface area (Å²) < 4.78 is 13.2. The fraction of sp³-hybridized carbons (Fsp3) is 0.571. The first-order valence-electron chi connectivity index (χ1n) is 6.37. The predicted octanol–water partition coefficient (Wildman–Crippen LogP) is 3.51. The minimum absolute atomic E-state index is 0.124. The van der Waals surface area contributed by atoms with E-state index in [9.17, 15) is 14.5 Å². The molecular weight excluding hydrogens is 247 g/mol. The Kier molecular flexibility index (Phi) is 5.00. The second-order valence-electron chi connectivity index (χ2n) is 5.82. The standard InChI is InChI=1S/C14H21FN2O2/c1-10(2)14(3,4)9-16-8-11-5-12(15)7-13(6-11)17(18)19/h5-7,10,16H,8-9H2,1-4H3. The molecule has 1 aromatic carbocycles. The van der Waals surface area contributed by atoms with Crippen LogP contribution in [0.5, 0.6) is 0 Å². The Hall–Kier alpha value is -1.49. The third kappa shape index (κ3) is 4.59. The predicted molar refractivity (Wildman–Crippen MR) is 73.4 cm³/mol. The molecule has 0 bridgehead atoms. The lowest BCUT2D eigenvalue weighted by Crippen LogP contribution is -2.33. The van der Waals surface area contributed by atoms with E-state index in [4.69, 9.17) is 0 Å². The van der Waals surface area contributed by atoms with Crippen LogP contribution in [0.3, 0.4) is 0 Å². The molecule has 0 saturated carbocycles. The largest absolute Gasteiger partial charge is 0.312 e. The van der Waals surface area contributed by atoms with Gasteiger partial charge in [-0.3, -0.25) is 10.1 Å². The van der Waals surface area contributed by atoms with E-state index in [0.29, 0.717) is 18.0 Å². The van der Waals surface area contributed by atoms with Crippen molar-refractivity contribution in [1.29, 1.82) is 0 Å². The van der Waals surface area contributed by atoms with Gasteiger partial charge in [0.05, 0.1) is 11.0 Å². The van der Waals surface area contributed by atoms with Gasteiger partial charge >= 0.3 is 0 Å². The summed E-state index contributed by atoms with van der Waals surface area (Å²) in [5.41, 5.74) is 0.505. The first-order valence-corrected chi connectivity index (χ1v) is 6.37. The number of non-ortho nitro benzene ring substituents is 1. The van der Waals surface area contributed by atoms with E-state index < -0.39 is 10.7 Å². The van der Waals surface area contributed by atoms with Crippen molar-refractivity contribution in [1.82, 2.24) is 5.32 Å². The van der Waals surface area contributed by atoms with Crippen molar-refractivity contribution in [2.45, 2.75) is 34.2 Å². The molecule has 0 fully saturated rings. The van der Waals surface area contributed by atoms with Crippen LogP contribution in [0.15, 0.2) is 18.2 Å². The molecule has 0 radical (unpaired) electrons. The van der Waals surface area contributed by atoms with Crippen LogP contribution in [0.2, 0.25) is 0 Å². The number of benzene rings is 1. The fourth-order valence-electron chi connectivity index (χ4n) is 1.57. The highest BCUT2D eigenvalue weighted by Crippen LogP contribution is 2.25. The Morgan fingerprint density at radius 3 is 2.53 bits per heavy atom. The van der Waals surface area contributed by atoms with Gasteiger partial charge in [-0.1, -0.05) is 27.7 Å². The number of hydrogen-bond donors (Lipinski definition) is 1. The maximum Gasteiger partial charge on any atom is 0.272 e. The normalized spacial score (nSPS) is 11.9. The third-order valence-electron chi connectivity index (χ3n) is 3.63. The summed E-state index contributed by atoms with van der Waals surface area (Å²) in [5.74, 6) is -0.0593. The SMILES string of the molecule is CC(C)C(C)(C)CNCc1cc(F)cc([N+](=O)[O-])c1. The molecule has 0 saturated heterocycles. The molecule has 5 heteroatoms. The van der Waals surface area contributed by atoms with Crippen LogP contribution in [-0.2, 0) is 6.54 Å². The van der Waals surface area contributed by atoms with Crippen molar-refractivity contribution in [2.24, 2.45) is 11.3 Å². The number of halogens is 1. The van der Waals surface area contributed by atoms with Crippen molar-refractivity contribution >= 4 is 5.69 Å². The monoisotopic (exact) mass is 268 g/mol. The lowest BCUT2D eigenvalue weighted by atomic mass is 9.81. The number of nitro groups is 1. The van der Waals surface area contributed by atoms with E-state index in [-0.39, 0.29) is 11.1 Å². The van der Waals surface area contributed by atoms with Crippen LogP contribution < -0.4 is 5.32 Å². The first-order chi connectivity index (χ1) is 8.72. The Labute approximate surface area is 113 Å². The number of nitro benzene ring substituents is 1. The van der Waals surface area contributed by atoms with E-state index in [1.54, 1.807) is 0 Å². The molecule has 4 nitrogen and oxygen atoms in total. The maximum absolute atomic E-state index is 13.2. The van der Waals surface area contributed by atoms with Gasteiger partial charge < -0.3 is 5.32 Å². The zero-order valence-corrected chi connectivity index (χ0v) is 11.9. The van der Waals surface area contributed by atoms with Gasteiger partial charge in [0.25, 0.3) is 5.69 Å². The lowest BCUT2D eigenvalue weighted by Gasteiger charge is -2.29. The maximum atomic E-state index is 13.2. The number of hydrogen-bond acceptors (Lipinski definition) is 3. The summed E-state index contributed by atoms with van der Waals surface area (Å²) in [6, 6.07) is 3.66. The molecule has 106 valence electrons. The molecule has 1 aromatic rings. The van der Waals surface area contributed by atoms with Gasteiger partial charge in [0, 0.05) is 19.2 Å². The van der Waals surface area contributed by atoms with Crippen LogP contribution >= 0.6 is 0 Å². The molecule has 0 atom stereocenters. The zero-order chi connectivity index (χ0) is 14.6. The summed E-state index contributed by atoms with van der Waals surface area (Å²) in [7, 11) is 0. The second-order valence-corrected chi connectivity index (χ2v) is 5.82. The summed E-state index contributed by atoms with van der Waals surface area (Å²) in [4.78, 5) is 10.1. The van der Waals surface area contributed by atoms with E-state index in [0.717, 1.165) is 12.6 Å². The highest BCUT2D eigenvalue weighted by Gasteiger charge is 2.21. The van der Waals surface area contributed by atoms with Crippen LogP contribution in [0.25, 0.3) is 0 Å². The van der Waals surface area contributed by atoms with Gasteiger partial charge in [0.2, 0.25) is 0 Å². The van der Waals surface area contributed by atoms with Gasteiger partial charge in [0.15, 0.2) is 0 Å². The summed E-state index contributed by atoms with van der Waals surface area (Å²) >= 11 is 0. The van der Waals surface area contributed by atoms with Gasteiger partial charge in [-0.25, -0.2) is 4.39 Å². The smallest absolute Gasteiger partial charge is 0.272 e. The van der Waals surface area contributed by atoms with Crippen molar-refractivity contribution in [3.05, 3.63) is 39.7 Å². The summed E-state index contributed by atoms with van der Waals surface area (Å²) in [6.07, 6.45) is 0. The summed E-state index contributed by atoms with van der Waals surface area (Å²) in [5, 5.41) is 13.9. The third-order valence-corrected chi connectivity index (χ3v) is 3.63. The number of nitrogens with zero attached hydrogens (tertiary/aromatic N) is 1. The highest BCUT2D eigenvalue weighted by molar-refractivity contribution is 5.35. The molecular formula is C14H21FN2O2. The van der Waals surface area contributed by atoms with Crippen LogP contribution in [0.1, 0.15) is 33.3 Å². The van der Waals surface area contributed by atoms with Gasteiger partial charge in [-0.2, -0.15) is 0 Å². The fourth-order valence-corrected chi connectivity index (χ4v) is 1.57. The molecule has 1 rings (SSSR count). The van der Waals surface area contributed by atoms with Crippen molar-refractivity contribution in [3.8, 4) is 0 Å². The molecule has 0 aliphatic rings. The van der Waals surface area contributed by atoms with E-state index >= 15 is 0 Å². The van der Waals surface area contributed by atoms with Crippen LogP contribution in [0, 0.1) is 27.3 Å². The van der Waals surface area contributed by atoms with E-state index in [1.807, 2.05) is 0 Å². The molecule has 1 N–H and O–H groups in total. The quantitative estimate of drug-likeness (QED) is 0.634. The topological polar surface area (TPSA) is 55.2 Å². The Morgan fingerprint density at radius 1 is 1.37 bits per heavy atom. The highest BCUT2D eigenvalue weighted by atomic mass is 19.1. The molecule has 0 heterocycles. The van der Waals surface area contributed by atoms with Gasteiger partial charge in [0.1, 0.15) is 5.82 Å². The van der Waals surface area contributed by atoms with Gasteiger partial charge in [-0.15, -0.1) is 0 Å². The molecule has 0 unspecified atom stereocenters. The molecule has 19 heavy (non-hydrogen) atoms. The first kappa shape index (κ1) is 15.6. The van der Waals surface area contributed by atoms with Crippen LogP contribution in [-0.4, -0.2) is 11.5 Å². The molecule has 0 aliphatic heterocycles. The molecule has 0 spiro atoms. The summed E-state index contributed by atoms with van der Waals surface area (Å²) in [6.45, 7) is 9.80.